The van der Waals surface area contributed by atoms with E-state index in [2.05, 4.69) is 10.6 Å². The van der Waals surface area contributed by atoms with E-state index in [1.54, 1.807) is 43.3 Å². The van der Waals surface area contributed by atoms with Crippen LogP contribution in [-0.2, 0) is 34.0 Å². The van der Waals surface area contributed by atoms with Gasteiger partial charge in [-0.2, -0.15) is 4.72 Å². The van der Waals surface area contributed by atoms with Crippen molar-refractivity contribution in [2.75, 3.05) is 10.6 Å². The summed E-state index contributed by atoms with van der Waals surface area (Å²) in [6, 6.07) is 11.0. The molecule has 0 heterocycles. The summed E-state index contributed by atoms with van der Waals surface area (Å²) < 4.78 is 26.0. The molecule has 0 aromatic heterocycles. The Morgan fingerprint density at radius 2 is 1.26 bits per heavy atom. The van der Waals surface area contributed by atoms with Gasteiger partial charge in [0.15, 0.2) is 0 Å². The number of rotatable bonds is 12. The molecule has 0 unspecified atom stereocenters. The number of carbonyl (C=O) groups is 5. The Balaban J connectivity index is 0.000000382. The summed E-state index contributed by atoms with van der Waals surface area (Å²) in [6.07, 6.45) is -1.03. The fourth-order valence-electron chi connectivity index (χ4n) is 2.76. The van der Waals surface area contributed by atoms with Gasteiger partial charge in [-0.25, -0.2) is 8.42 Å². The number of amides is 2. The standard InChI is InChI=1S/C12H14N2O4.C12H15NO6S/c1-8(15)13-9-2-4-10(5-3-9)14-11(16)6-7-12(17)18;1-8-2-4-9(5-3-8)20(18,19)13-10(12(16)17)6-7-11(14)15/h2-5H,6-7H2,1H3,(H,13,15)(H,14,16)(H,17,18);2-5,10,13H,6-7H2,1H3,(H,14,15)(H,16,17)/t;10-/m.0/s1. The molecule has 0 spiro atoms. The normalized spacial score (nSPS) is 11.3. The summed E-state index contributed by atoms with van der Waals surface area (Å²) in [5.74, 6) is -4.14. The van der Waals surface area contributed by atoms with E-state index in [4.69, 9.17) is 15.3 Å². The van der Waals surface area contributed by atoms with Crippen LogP contribution < -0.4 is 15.4 Å². The van der Waals surface area contributed by atoms with Gasteiger partial charge >= 0.3 is 17.9 Å². The van der Waals surface area contributed by atoms with Crippen molar-refractivity contribution in [2.45, 2.75) is 50.5 Å². The number of aryl methyl sites for hydroxylation is 1. The van der Waals surface area contributed by atoms with Crippen LogP contribution in [0.4, 0.5) is 11.4 Å². The van der Waals surface area contributed by atoms with Gasteiger partial charge in [0, 0.05) is 31.1 Å². The Morgan fingerprint density at radius 3 is 1.71 bits per heavy atom. The lowest BCUT2D eigenvalue weighted by atomic mass is 10.2. The maximum Gasteiger partial charge on any atom is 0.321 e. The molecule has 0 saturated carbocycles. The number of carboxylic acid groups (broad SMARTS) is 3. The van der Waals surface area contributed by atoms with Crippen molar-refractivity contribution in [1.29, 1.82) is 0 Å². The maximum atomic E-state index is 12.0. The molecule has 2 aromatic rings. The first-order chi connectivity index (χ1) is 17.7. The van der Waals surface area contributed by atoms with Crippen LogP contribution in [0, 0.1) is 6.92 Å². The van der Waals surface area contributed by atoms with E-state index >= 15 is 0 Å². The first kappa shape index (κ1) is 31.7. The summed E-state index contributed by atoms with van der Waals surface area (Å²) in [7, 11) is -3.99. The van der Waals surface area contributed by atoms with Gasteiger partial charge in [-0.3, -0.25) is 24.0 Å². The Morgan fingerprint density at radius 1 is 0.763 bits per heavy atom. The Hall–Kier alpha value is -4.30. The van der Waals surface area contributed by atoms with Crippen molar-refractivity contribution in [3.05, 3.63) is 54.1 Å². The van der Waals surface area contributed by atoms with Crippen molar-refractivity contribution in [3.8, 4) is 0 Å². The van der Waals surface area contributed by atoms with E-state index in [0.29, 0.717) is 11.4 Å². The topological polar surface area (TPSA) is 216 Å². The van der Waals surface area contributed by atoms with E-state index in [1.165, 1.54) is 19.1 Å². The summed E-state index contributed by atoms with van der Waals surface area (Å²) >= 11 is 0. The predicted octanol–water partition coefficient (Wildman–Crippen LogP) is 2.04. The quantitative estimate of drug-likeness (QED) is 0.225. The van der Waals surface area contributed by atoms with Gasteiger partial charge in [0.25, 0.3) is 0 Å². The van der Waals surface area contributed by atoms with Gasteiger partial charge in [0.05, 0.1) is 11.3 Å². The highest BCUT2D eigenvalue weighted by Crippen LogP contribution is 2.14. The fraction of sp³-hybridized carbons (Fsp3) is 0.292. The van der Waals surface area contributed by atoms with E-state index in [1.807, 2.05) is 4.72 Å². The second-order valence-electron chi connectivity index (χ2n) is 7.96. The lowest BCUT2D eigenvalue weighted by Gasteiger charge is -2.14. The number of benzene rings is 2. The molecule has 13 nitrogen and oxygen atoms in total. The predicted molar refractivity (Wildman–Crippen MR) is 136 cm³/mol. The third-order valence-electron chi connectivity index (χ3n) is 4.63. The zero-order chi connectivity index (χ0) is 28.9. The second-order valence-corrected chi connectivity index (χ2v) is 9.67. The van der Waals surface area contributed by atoms with Crippen molar-refractivity contribution in [3.63, 3.8) is 0 Å². The maximum absolute atomic E-state index is 12.0. The Bertz CT molecular complexity index is 1240. The van der Waals surface area contributed by atoms with Crippen molar-refractivity contribution >= 4 is 51.1 Å². The molecule has 0 saturated heterocycles. The van der Waals surface area contributed by atoms with E-state index < -0.39 is 40.4 Å². The molecule has 6 N–H and O–H groups in total. The highest BCUT2D eigenvalue weighted by Gasteiger charge is 2.25. The summed E-state index contributed by atoms with van der Waals surface area (Å²) in [5, 5.41) is 31.0. The molecule has 38 heavy (non-hydrogen) atoms. The molecule has 0 aliphatic carbocycles. The van der Waals surface area contributed by atoms with Crippen LogP contribution >= 0.6 is 0 Å². The molecule has 206 valence electrons. The van der Waals surface area contributed by atoms with Crippen LogP contribution in [-0.4, -0.2) is 59.5 Å². The minimum Gasteiger partial charge on any atom is -0.481 e. The molecule has 0 bridgehead atoms. The smallest absolute Gasteiger partial charge is 0.321 e. The third kappa shape index (κ3) is 12.6. The SMILES string of the molecule is CC(=O)Nc1ccc(NC(=O)CCC(=O)O)cc1.Cc1ccc(S(=O)(=O)N[C@@H](CCC(=O)O)C(=O)O)cc1. The van der Waals surface area contributed by atoms with Gasteiger partial charge in [-0.1, -0.05) is 17.7 Å². The van der Waals surface area contributed by atoms with Crippen LogP contribution in [0.3, 0.4) is 0 Å². The summed E-state index contributed by atoms with van der Waals surface area (Å²) in [5.41, 5.74) is 2.05. The minimum absolute atomic E-state index is 0.0651. The van der Waals surface area contributed by atoms with E-state index in [0.717, 1.165) is 5.56 Å². The van der Waals surface area contributed by atoms with E-state index in [-0.39, 0.29) is 36.0 Å². The number of sulfonamides is 1. The highest BCUT2D eigenvalue weighted by molar-refractivity contribution is 7.89. The zero-order valence-corrected chi connectivity index (χ0v) is 21.4. The van der Waals surface area contributed by atoms with Crippen molar-refractivity contribution in [2.24, 2.45) is 0 Å². The first-order valence-corrected chi connectivity index (χ1v) is 12.6. The minimum atomic E-state index is -3.99. The van der Waals surface area contributed by atoms with Crippen molar-refractivity contribution in [1.82, 2.24) is 4.72 Å². The second kappa shape index (κ2) is 15.1. The van der Waals surface area contributed by atoms with Crippen molar-refractivity contribution < 1.29 is 47.7 Å². The zero-order valence-electron chi connectivity index (χ0n) is 20.6. The monoisotopic (exact) mass is 551 g/mol. The van der Waals surface area contributed by atoms with Gasteiger partial charge in [-0.15, -0.1) is 0 Å². The molecule has 1 atom stereocenters. The van der Waals surface area contributed by atoms with E-state index in [9.17, 15) is 32.4 Å². The Labute approximate surface area is 218 Å². The largest absolute Gasteiger partial charge is 0.481 e. The highest BCUT2D eigenvalue weighted by atomic mass is 32.2. The summed E-state index contributed by atoms with van der Waals surface area (Å²) in [4.78, 5) is 53.7. The molecule has 0 radical (unpaired) electrons. The molecule has 0 aliphatic heterocycles. The van der Waals surface area contributed by atoms with Crippen LogP contribution in [0.1, 0.15) is 38.2 Å². The van der Waals surface area contributed by atoms with Crippen LogP contribution in [0.2, 0.25) is 0 Å². The van der Waals surface area contributed by atoms with Crippen LogP contribution in [0.5, 0.6) is 0 Å². The average Bonchev–Trinajstić information content (AvgIpc) is 2.82. The lowest BCUT2D eigenvalue weighted by molar-refractivity contribution is -0.140. The molecule has 0 aliphatic rings. The number of hydrogen-bond acceptors (Lipinski definition) is 7. The molecule has 0 fully saturated rings. The molecule has 2 rings (SSSR count). The molecular weight excluding hydrogens is 522 g/mol. The number of carboxylic acids is 3. The fourth-order valence-corrected chi connectivity index (χ4v) is 3.98. The number of nitrogens with one attached hydrogen (secondary N) is 3. The van der Waals surface area contributed by atoms with Crippen LogP contribution in [0.25, 0.3) is 0 Å². The molecule has 2 aromatic carbocycles. The van der Waals surface area contributed by atoms with Gasteiger partial charge < -0.3 is 26.0 Å². The van der Waals surface area contributed by atoms with Crippen LogP contribution in [0.15, 0.2) is 53.4 Å². The first-order valence-electron chi connectivity index (χ1n) is 11.1. The van der Waals surface area contributed by atoms with Gasteiger partial charge in [-0.05, 0) is 49.7 Å². The molecule has 2 amide bonds. The van der Waals surface area contributed by atoms with Gasteiger partial charge in [0.2, 0.25) is 21.8 Å². The molecule has 14 heteroatoms. The summed E-state index contributed by atoms with van der Waals surface area (Å²) in [6.45, 7) is 3.19. The van der Waals surface area contributed by atoms with Gasteiger partial charge in [0.1, 0.15) is 6.04 Å². The third-order valence-corrected chi connectivity index (χ3v) is 6.12. The molecular formula is C24H29N3O10S. The number of aliphatic carboxylic acids is 3. The average molecular weight is 552 g/mol. The Kier molecular flexibility index (Phi) is 12.6. The lowest BCUT2D eigenvalue weighted by Crippen LogP contribution is -2.41. The number of anilines is 2. The number of carbonyl (C=O) groups excluding carboxylic acids is 2. The number of hydrogen-bond donors (Lipinski definition) is 6.